The van der Waals surface area contributed by atoms with Gasteiger partial charge in [0.1, 0.15) is 5.69 Å². The van der Waals surface area contributed by atoms with E-state index >= 15 is 0 Å². The third kappa shape index (κ3) is 2.40. The average Bonchev–Trinajstić information content (AvgIpc) is 2.92. The van der Waals surface area contributed by atoms with Crippen LogP contribution in [0.1, 0.15) is 15.4 Å². The number of anilines is 1. The lowest BCUT2D eigenvalue weighted by Gasteiger charge is -2.06. The second-order valence-electron chi connectivity index (χ2n) is 4.21. The van der Waals surface area contributed by atoms with Crippen molar-refractivity contribution >= 4 is 51.1 Å². The summed E-state index contributed by atoms with van der Waals surface area (Å²) in [6, 6.07) is 5.07. The number of benzene rings is 1. The summed E-state index contributed by atoms with van der Waals surface area (Å²) >= 11 is 13.5. The number of carbonyl (C=O) groups excluding carboxylic acids is 1. The summed E-state index contributed by atoms with van der Waals surface area (Å²) in [7, 11) is 0. The summed E-state index contributed by atoms with van der Waals surface area (Å²) in [6.07, 6.45) is 3.61. The minimum absolute atomic E-state index is 0.317. The zero-order chi connectivity index (χ0) is 14.3. The zero-order valence-corrected chi connectivity index (χ0v) is 12.7. The highest BCUT2D eigenvalue weighted by Crippen LogP contribution is 2.29. The number of imidazole rings is 1. The predicted octanol–water partition coefficient (Wildman–Crippen LogP) is 4.26. The molecule has 0 fully saturated rings. The molecule has 0 aliphatic carbocycles. The monoisotopic (exact) mass is 325 g/mol. The van der Waals surface area contributed by atoms with E-state index in [-0.39, 0.29) is 5.91 Å². The Bertz CT molecular complexity index is 778. The van der Waals surface area contributed by atoms with Gasteiger partial charge in [0.2, 0.25) is 0 Å². The minimum atomic E-state index is -0.317. The predicted molar refractivity (Wildman–Crippen MR) is 82.2 cm³/mol. The Morgan fingerprint density at radius 2 is 2.15 bits per heavy atom. The number of aromatic nitrogens is 2. The van der Waals surface area contributed by atoms with Crippen LogP contribution in [0.5, 0.6) is 0 Å². The van der Waals surface area contributed by atoms with E-state index in [4.69, 9.17) is 23.2 Å². The highest BCUT2D eigenvalue weighted by atomic mass is 35.5. The Morgan fingerprint density at radius 1 is 1.35 bits per heavy atom. The molecule has 2 heterocycles. The molecule has 0 aliphatic heterocycles. The summed E-state index contributed by atoms with van der Waals surface area (Å²) < 4.78 is 1.83. The summed E-state index contributed by atoms with van der Waals surface area (Å²) in [4.78, 5) is 18.3. The number of nitrogens with one attached hydrogen (secondary N) is 1. The molecule has 0 unspecified atom stereocenters. The van der Waals surface area contributed by atoms with E-state index in [1.165, 1.54) is 11.3 Å². The lowest BCUT2D eigenvalue weighted by atomic mass is 10.3. The van der Waals surface area contributed by atoms with Crippen molar-refractivity contribution in [3.8, 4) is 0 Å². The second kappa shape index (κ2) is 5.09. The van der Waals surface area contributed by atoms with Crippen LogP contribution in [-0.4, -0.2) is 15.3 Å². The first-order valence-electron chi connectivity index (χ1n) is 5.75. The molecule has 0 spiro atoms. The molecule has 0 atom stereocenters. The topological polar surface area (TPSA) is 46.4 Å². The number of halogens is 2. The van der Waals surface area contributed by atoms with Crippen molar-refractivity contribution in [3.05, 3.63) is 51.2 Å². The van der Waals surface area contributed by atoms with Gasteiger partial charge in [-0.1, -0.05) is 29.3 Å². The van der Waals surface area contributed by atoms with Crippen molar-refractivity contribution < 1.29 is 4.79 Å². The highest BCUT2D eigenvalue weighted by molar-refractivity contribution is 7.17. The number of nitrogens with zero attached hydrogens (tertiary/aromatic N) is 2. The van der Waals surface area contributed by atoms with E-state index in [1.54, 1.807) is 24.4 Å². The van der Waals surface area contributed by atoms with Crippen molar-refractivity contribution in [2.75, 3.05) is 5.32 Å². The van der Waals surface area contributed by atoms with Gasteiger partial charge in [0.25, 0.3) is 5.91 Å². The Labute approximate surface area is 129 Å². The number of aryl methyl sites for hydroxylation is 1. The number of rotatable bonds is 2. The number of hydrogen-bond acceptors (Lipinski definition) is 3. The summed E-state index contributed by atoms with van der Waals surface area (Å²) in [5.41, 5.74) is 0.809. The van der Waals surface area contributed by atoms with Crippen LogP contribution in [-0.2, 0) is 0 Å². The molecule has 0 saturated heterocycles. The SMILES string of the molecule is Cc1cn2cc(C(=O)Nc3cccc(Cl)c3Cl)nc2s1. The average molecular weight is 326 g/mol. The van der Waals surface area contributed by atoms with Gasteiger partial charge in [0.05, 0.1) is 15.7 Å². The van der Waals surface area contributed by atoms with Gasteiger partial charge in [0.15, 0.2) is 4.96 Å². The molecule has 0 radical (unpaired) electrons. The van der Waals surface area contributed by atoms with Gasteiger partial charge in [0, 0.05) is 17.3 Å². The normalized spacial score (nSPS) is 10.9. The molecule has 1 aromatic carbocycles. The fourth-order valence-corrected chi connectivity index (χ4v) is 2.96. The minimum Gasteiger partial charge on any atom is -0.319 e. The molecule has 20 heavy (non-hydrogen) atoms. The van der Waals surface area contributed by atoms with Crippen LogP contribution < -0.4 is 5.32 Å². The third-order valence-electron chi connectivity index (χ3n) is 2.70. The quantitative estimate of drug-likeness (QED) is 0.765. The number of carbonyl (C=O) groups is 1. The standard InChI is InChI=1S/C13H9Cl2N3OS/c1-7-5-18-6-10(17-13(18)20-7)12(19)16-9-4-2-3-8(14)11(9)15/h2-6H,1H3,(H,16,19). The van der Waals surface area contributed by atoms with E-state index in [0.29, 0.717) is 21.4 Å². The molecule has 3 aromatic rings. The van der Waals surface area contributed by atoms with Gasteiger partial charge in [-0.25, -0.2) is 4.98 Å². The lowest BCUT2D eigenvalue weighted by molar-refractivity contribution is 0.102. The summed E-state index contributed by atoms with van der Waals surface area (Å²) in [6.45, 7) is 1.99. The van der Waals surface area contributed by atoms with Crippen LogP contribution in [0.15, 0.2) is 30.6 Å². The Morgan fingerprint density at radius 3 is 2.90 bits per heavy atom. The van der Waals surface area contributed by atoms with Crippen LogP contribution in [0, 0.1) is 6.92 Å². The van der Waals surface area contributed by atoms with Crippen molar-refractivity contribution in [2.24, 2.45) is 0 Å². The smallest absolute Gasteiger partial charge is 0.275 e. The molecule has 102 valence electrons. The molecule has 7 heteroatoms. The molecule has 0 aliphatic rings. The van der Waals surface area contributed by atoms with Crippen LogP contribution in [0.2, 0.25) is 10.0 Å². The van der Waals surface area contributed by atoms with Gasteiger partial charge in [-0.05, 0) is 19.1 Å². The van der Waals surface area contributed by atoms with Crippen molar-refractivity contribution in [1.82, 2.24) is 9.38 Å². The largest absolute Gasteiger partial charge is 0.319 e. The maximum absolute atomic E-state index is 12.1. The van der Waals surface area contributed by atoms with Crippen LogP contribution in [0.3, 0.4) is 0 Å². The zero-order valence-electron chi connectivity index (χ0n) is 10.4. The first-order valence-corrected chi connectivity index (χ1v) is 7.32. The van der Waals surface area contributed by atoms with Gasteiger partial charge >= 0.3 is 0 Å². The van der Waals surface area contributed by atoms with Crippen LogP contribution >= 0.6 is 34.5 Å². The molecule has 1 N–H and O–H groups in total. The number of hydrogen-bond donors (Lipinski definition) is 1. The highest BCUT2D eigenvalue weighted by Gasteiger charge is 2.14. The van der Waals surface area contributed by atoms with E-state index in [9.17, 15) is 4.79 Å². The van der Waals surface area contributed by atoms with E-state index < -0.39 is 0 Å². The van der Waals surface area contributed by atoms with Crippen molar-refractivity contribution in [3.63, 3.8) is 0 Å². The van der Waals surface area contributed by atoms with Gasteiger partial charge < -0.3 is 5.32 Å². The molecule has 3 rings (SSSR count). The Kier molecular flexibility index (Phi) is 3.41. The first-order chi connectivity index (χ1) is 9.54. The summed E-state index contributed by atoms with van der Waals surface area (Å²) in [5, 5.41) is 3.42. The van der Waals surface area contributed by atoms with Gasteiger partial charge in [-0.2, -0.15) is 0 Å². The Hall–Kier alpha value is -1.56. The number of thiazole rings is 1. The third-order valence-corrected chi connectivity index (χ3v) is 4.43. The molecular formula is C13H9Cl2N3OS. The fraction of sp³-hybridized carbons (Fsp3) is 0.0769. The van der Waals surface area contributed by atoms with Crippen molar-refractivity contribution in [1.29, 1.82) is 0 Å². The molecule has 0 bridgehead atoms. The molecule has 1 amide bonds. The maximum Gasteiger partial charge on any atom is 0.275 e. The van der Waals surface area contributed by atoms with Crippen molar-refractivity contribution in [2.45, 2.75) is 6.92 Å². The maximum atomic E-state index is 12.1. The van der Waals surface area contributed by atoms with Gasteiger partial charge in [-0.3, -0.25) is 9.20 Å². The van der Waals surface area contributed by atoms with Gasteiger partial charge in [-0.15, -0.1) is 11.3 Å². The molecule has 4 nitrogen and oxygen atoms in total. The van der Waals surface area contributed by atoms with Crippen LogP contribution in [0.4, 0.5) is 5.69 Å². The molecular weight excluding hydrogens is 317 g/mol. The molecule has 2 aromatic heterocycles. The number of amides is 1. The van der Waals surface area contributed by atoms with E-state index in [1.807, 2.05) is 17.5 Å². The van der Waals surface area contributed by atoms with E-state index in [2.05, 4.69) is 10.3 Å². The second-order valence-corrected chi connectivity index (χ2v) is 6.21. The summed E-state index contributed by atoms with van der Waals surface area (Å²) in [5.74, 6) is -0.317. The Balaban J connectivity index is 1.88. The first kappa shape index (κ1) is 13.4. The molecule has 0 saturated carbocycles. The lowest BCUT2D eigenvalue weighted by Crippen LogP contribution is -2.12. The van der Waals surface area contributed by atoms with E-state index in [0.717, 1.165) is 9.84 Å². The fourth-order valence-electron chi connectivity index (χ4n) is 1.81. The van der Waals surface area contributed by atoms with Crippen LogP contribution in [0.25, 0.3) is 4.96 Å². The number of fused-ring (bicyclic) bond motifs is 1.